The van der Waals surface area contributed by atoms with Crippen LogP contribution >= 0.6 is 15.9 Å². The molecule has 0 aromatic rings. The molecule has 0 N–H and O–H groups in total. The summed E-state index contributed by atoms with van der Waals surface area (Å²) in [4.78, 5) is 13.4. The predicted molar refractivity (Wildman–Crippen MR) is 55.0 cm³/mol. The molecule has 13 heavy (non-hydrogen) atoms. The van der Waals surface area contributed by atoms with Gasteiger partial charge in [-0.15, -0.1) is 0 Å². The second-order valence-electron chi connectivity index (χ2n) is 3.34. The van der Waals surface area contributed by atoms with Crippen molar-refractivity contribution in [3.63, 3.8) is 0 Å². The zero-order valence-electron chi connectivity index (χ0n) is 8.12. The summed E-state index contributed by atoms with van der Waals surface area (Å²) in [6.45, 7) is 3.46. The van der Waals surface area contributed by atoms with E-state index in [0.29, 0.717) is 6.61 Å². The summed E-state index contributed by atoms with van der Waals surface area (Å²) < 4.78 is 5.23. The number of amides is 1. The molecule has 1 heterocycles. The molecule has 1 aliphatic rings. The average Bonchev–Trinajstić information content (AvgIpc) is 2.67. The molecule has 0 radical (unpaired) electrons. The first-order valence-corrected chi connectivity index (χ1v) is 5.56. The van der Waals surface area contributed by atoms with Crippen LogP contribution < -0.4 is 0 Å². The molecule has 0 saturated carbocycles. The number of nitrogens with zero attached hydrogens (tertiary/aromatic N) is 1. The smallest absolute Gasteiger partial charge is 0.236 e. The van der Waals surface area contributed by atoms with Crippen LogP contribution in [0.25, 0.3) is 0 Å². The van der Waals surface area contributed by atoms with Gasteiger partial charge in [-0.05, 0) is 12.8 Å². The van der Waals surface area contributed by atoms with Gasteiger partial charge in [0.1, 0.15) is 0 Å². The van der Waals surface area contributed by atoms with Crippen LogP contribution in [0.2, 0.25) is 0 Å². The van der Waals surface area contributed by atoms with E-state index in [4.69, 9.17) is 4.74 Å². The Bertz CT molecular complexity index is 180. The summed E-state index contributed by atoms with van der Waals surface area (Å²) in [5, 5.41) is 0. The summed E-state index contributed by atoms with van der Waals surface area (Å²) in [5.74, 6) is 0.165. The fraction of sp³-hybridized carbons (Fsp3) is 0.889. The van der Waals surface area contributed by atoms with Gasteiger partial charge in [-0.25, -0.2) is 0 Å². The van der Waals surface area contributed by atoms with Crippen molar-refractivity contribution in [3.8, 4) is 0 Å². The summed E-state index contributed by atoms with van der Waals surface area (Å²) in [6, 6.07) is 0.277. The van der Waals surface area contributed by atoms with E-state index in [1.165, 1.54) is 0 Å². The predicted octanol–water partition coefficient (Wildman–Crippen LogP) is 1.41. The van der Waals surface area contributed by atoms with Gasteiger partial charge in [0.2, 0.25) is 5.91 Å². The van der Waals surface area contributed by atoms with Gasteiger partial charge in [0.25, 0.3) is 0 Å². The van der Waals surface area contributed by atoms with E-state index < -0.39 is 0 Å². The van der Waals surface area contributed by atoms with Crippen molar-refractivity contribution in [2.45, 2.75) is 30.6 Å². The quantitative estimate of drug-likeness (QED) is 0.709. The Morgan fingerprint density at radius 3 is 2.92 bits per heavy atom. The number of likely N-dealkylation sites (N-methyl/N-ethyl adjacent to an activating group) is 1. The fourth-order valence-electron chi connectivity index (χ4n) is 1.40. The number of hydrogen-bond acceptors (Lipinski definition) is 2. The van der Waals surface area contributed by atoms with E-state index in [9.17, 15) is 4.79 Å². The number of rotatable bonds is 3. The number of halogens is 1. The highest BCUT2D eigenvalue weighted by molar-refractivity contribution is 9.10. The summed E-state index contributed by atoms with van der Waals surface area (Å²) in [6.07, 6.45) is 1.79. The lowest BCUT2D eigenvalue weighted by molar-refractivity contribution is -0.131. The van der Waals surface area contributed by atoms with E-state index >= 15 is 0 Å². The third kappa shape index (κ3) is 2.68. The van der Waals surface area contributed by atoms with Crippen LogP contribution in [0.1, 0.15) is 19.8 Å². The van der Waals surface area contributed by atoms with Gasteiger partial charge < -0.3 is 9.64 Å². The monoisotopic (exact) mass is 249 g/mol. The SMILES string of the molecule is CCC(Br)C(=O)N(C)C1CCOC1. The Morgan fingerprint density at radius 1 is 1.77 bits per heavy atom. The number of hydrogen-bond donors (Lipinski definition) is 0. The normalized spacial score (nSPS) is 24.4. The highest BCUT2D eigenvalue weighted by Gasteiger charge is 2.26. The first-order chi connectivity index (χ1) is 6.16. The molecule has 0 aliphatic carbocycles. The molecule has 3 nitrogen and oxygen atoms in total. The molecule has 4 heteroatoms. The van der Waals surface area contributed by atoms with Gasteiger partial charge in [0, 0.05) is 13.7 Å². The van der Waals surface area contributed by atoms with E-state index in [2.05, 4.69) is 15.9 Å². The second kappa shape index (κ2) is 4.96. The molecule has 76 valence electrons. The number of carbonyl (C=O) groups is 1. The third-order valence-electron chi connectivity index (χ3n) is 2.43. The number of alkyl halides is 1. The van der Waals surface area contributed by atoms with Gasteiger partial charge in [0.05, 0.1) is 17.5 Å². The molecule has 0 aromatic carbocycles. The molecule has 1 fully saturated rings. The van der Waals surface area contributed by atoms with Crippen molar-refractivity contribution in [2.24, 2.45) is 0 Å². The zero-order valence-corrected chi connectivity index (χ0v) is 9.71. The molecule has 1 saturated heterocycles. The molecule has 1 amide bonds. The van der Waals surface area contributed by atoms with Crippen LogP contribution in [-0.2, 0) is 9.53 Å². The second-order valence-corrected chi connectivity index (χ2v) is 4.45. The summed E-state index contributed by atoms with van der Waals surface area (Å²) >= 11 is 3.36. The zero-order chi connectivity index (χ0) is 9.84. The number of ether oxygens (including phenoxy) is 1. The van der Waals surface area contributed by atoms with Gasteiger partial charge >= 0.3 is 0 Å². The van der Waals surface area contributed by atoms with E-state index in [0.717, 1.165) is 19.4 Å². The molecule has 1 rings (SSSR count). The third-order valence-corrected chi connectivity index (χ3v) is 3.47. The van der Waals surface area contributed by atoms with Gasteiger partial charge in [0.15, 0.2) is 0 Å². The standard InChI is InChI=1S/C9H16BrNO2/c1-3-8(10)9(12)11(2)7-4-5-13-6-7/h7-8H,3-6H2,1-2H3. The maximum atomic E-state index is 11.7. The van der Waals surface area contributed by atoms with Crippen LogP contribution in [0.3, 0.4) is 0 Å². The first kappa shape index (κ1) is 11.0. The minimum Gasteiger partial charge on any atom is -0.379 e. The lowest BCUT2D eigenvalue weighted by Gasteiger charge is -2.25. The molecular formula is C9H16BrNO2. The lowest BCUT2D eigenvalue weighted by Crippen LogP contribution is -2.41. The van der Waals surface area contributed by atoms with Crippen LogP contribution in [0.15, 0.2) is 0 Å². The molecule has 2 atom stereocenters. The summed E-state index contributed by atoms with van der Waals surface area (Å²) in [5.41, 5.74) is 0. The molecule has 0 bridgehead atoms. The van der Waals surface area contributed by atoms with Crippen molar-refractivity contribution in [2.75, 3.05) is 20.3 Å². The fourth-order valence-corrected chi connectivity index (χ4v) is 1.73. The van der Waals surface area contributed by atoms with Gasteiger partial charge in [-0.2, -0.15) is 0 Å². The Labute approximate surface area is 87.6 Å². The van der Waals surface area contributed by atoms with Gasteiger partial charge in [-0.1, -0.05) is 22.9 Å². The minimum absolute atomic E-state index is 0.0434. The Morgan fingerprint density at radius 2 is 2.46 bits per heavy atom. The van der Waals surface area contributed by atoms with Crippen molar-refractivity contribution < 1.29 is 9.53 Å². The Hall–Kier alpha value is -0.0900. The first-order valence-electron chi connectivity index (χ1n) is 4.65. The summed E-state index contributed by atoms with van der Waals surface area (Å²) in [7, 11) is 1.85. The van der Waals surface area contributed by atoms with Crippen LogP contribution in [0.4, 0.5) is 0 Å². The highest BCUT2D eigenvalue weighted by Crippen LogP contribution is 2.15. The molecule has 0 aromatic heterocycles. The van der Waals surface area contributed by atoms with Crippen LogP contribution in [0, 0.1) is 0 Å². The number of carbonyl (C=O) groups excluding carboxylic acids is 1. The lowest BCUT2D eigenvalue weighted by atomic mass is 10.2. The average molecular weight is 250 g/mol. The maximum absolute atomic E-state index is 11.7. The van der Waals surface area contributed by atoms with E-state index in [-0.39, 0.29) is 16.8 Å². The highest BCUT2D eigenvalue weighted by atomic mass is 79.9. The van der Waals surface area contributed by atoms with Crippen molar-refractivity contribution in [3.05, 3.63) is 0 Å². The van der Waals surface area contributed by atoms with E-state index in [1.54, 1.807) is 4.90 Å². The van der Waals surface area contributed by atoms with Crippen LogP contribution in [-0.4, -0.2) is 41.9 Å². The van der Waals surface area contributed by atoms with Crippen molar-refractivity contribution in [1.29, 1.82) is 0 Å². The Kier molecular flexibility index (Phi) is 4.19. The topological polar surface area (TPSA) is 29.5 Å². The van der Waals surface area contributed by atoms with Crippen molar-refractivity contribution in [1.82, 2.24) is 4.90 Å². The maximum Gasteiger partial charge on any atom is 0.236 e. The van der Waals surface area contributed by atoms with Gasteiger partial charge in [-0.3, -0.25) is 4.79 Å². The van der Waals surface area contributed by atoms with Crippen LogP contribution in [0.5, 0.6) is 0 Å². The largest absolute Gasteiger partial charge is 0.379 e. The molecular weight excluding hydrogens is 234 g/mol. The minimum atomic E-state index is -0.0434. The Balaban J connectivity index is 2.45. The molecule has 0 spiro atoms. The molecule has 2 unspecified atom stereocenters. The van der Waals surface area contributed by atoms with Crippen molar-refractivity contribution >= 4 is 21.8 Å². The molecule has 1 aliphatic heterocycles. The van der Waals surface area contributed by atoms with E-state index in [1.807, 2.05) is 14.0 Å².